The minimum absolute atomic E-state index is 0.0731. The van der Waals surface area contributed by atoms with E-state index in [4.69, 9.17) is 10.2 Å². The highest BCUT2D eigenvalue weighted by atomic mass is 19.1. The van der Waals surface area contributed by atoms with Crippen LogP contribution in [-0.4, -0.2) is 12.3 Å². The van der Waals surface area contributed by atoms with Crippen LogP contribution < -0.4 is 5.73 Å². The van der Waals surface area contributed by atoms with Crippen molar-refractivity contribution in [1.82, 2.24) is 0 Å². The number of ketones is 1. The van der Waals surface area contributed by atoms with Crippen molar-refractivity contribution in [2.24, 2.45) is 11.7 Å². The first-order valence-corrected chi connectivity index (χ1v) is 7.07. The minimum atomic E-state index is -0.434. The molecular formula is C16H20FNO2. The van der Waals surface area contributed by atoms with Crippen LogP contribution in [0, 0.1) is 11.7 Å². The van der Waals surface area contributed by atoms with E-state index in [0.717, 1.165) is 19.3 Å². The SMILES string of the molecule is CCC(CCN)CCC(=O)c1cc2cccc(F)c2o1. The molecule has 0 aliphatic rings. The van der Waals surface area contributed by atoms with Crippen LogP contribution in [0.4, 0.5) is 4.39 Å². The van der Waals surface area contributed by atoms with Crippen molar-refractivity contribution in [2.45, 2.75) is 32.6 Å². The Morgan fingerprint density at radius 3 is 2.85 bits per heavy atom. The fourth-order valence-corrected chi connectivity index (χ4v) is 2.41. The second-order valence-corrected chi connectivity index (χ2v) is 5.08. The molecule has 2 rings (SSSR count). The van der Waals surface area contributed by atoms with Gasteiger partial charge in [-0.05, 0) is 37.4 Å². The first-order valence-electron chi connectivity index (χ1n) is 7.07. The highest BCUT2D eigenvalue weighted by molar-refractivity contribution is 5.97. The number of para-hydroxylation sites is 1. The monoisotopic (exact) mass is 277 g/mol. The van der Waals surface area contributed by atoms with Gasteiger partial charge in [0, 0.05) is 11.8 Å². The zero-order valence-electron chi connectivity index (χ0n) is 11.7. The van der Waals surface area contributed by atoms with Crippen LogP contribution in [0.3, 0.4) is 0 Å². The van der Waals surface area contributed by atoms with Crippen LogP contribution in [-0.2, 0) is 0 Å². The molecule has 0 saturated carbocycles. The molecule has 0 saturated heterocycles. The lowest BCUT2D eigenvalue weighted by Crippen LogP contribution is -2.10. The first-order chi connectivity index (χ1) is 9.65. The third-order valence-corrected chi connectivity index (χ3v) is 3.70. The van der Waals surface area contributed by atoms with Crippen molar-refractivity contribution in [2.75, 3.05) is 6.54 Å². The second-order valence-electron chi connectivity index (χ2n) is 5.08. The second kappa shape index (κ2) is 6.66. The van der Waals surface area contributed by atoms with Crippen molar-refractivity contribution in [3.05, 3.63) is 35.8 Å². The zero-order chi connectivity index (χ0) is 14.5. The Morgan fingerprint density at radius 1 is 1.40 bits per heavy atom. The number of hydrogen-bond donors (Lipinski definition) is 1. The summed E-state index contributed by atoms with van der Waals surface area (Å²) in [6.45, 7) is 2.74. The van der Waals surface area contributed by atoms with E-state index >= 15 is 0 Å². The van der Waals surface area contributed by atoms with Crippen molar-refractivity contribution in [3.8, 4) is 0 Å². The van der Waals surface area contributed by atoms with Crippen molar-refractivity contribution in [3.63, 3.8) is 0 Å². The molecule has 4 heteroatoms. The highest BCUT2D eigenvalue weighted by Gasteiger charge is 2.16. The maximum Gasteiger partial charge on any atom is 0.198 e. The molecule has 108 valence electrons. The van der Waals surface area contributed by atoms with E-state index in [2.05, 4.69) is 6.92 Å². The molecule has 1 aromatic heterocycles. The summed E-state index contributed by atoms with van der Waals surface area (Å²) in [6.07, 6.45) is 3.16. The molecule has 1 unspecified atom stereocenters. The standard InChI is InChI=1S/C16H20FNO2/c1-2-11(8-9-18)6-7-14(19)15-10-12-4-3-5-13(17)16(12)20-15/h3-5,10-11H,2,6-9,18H2,1H3. The molecule has 0 amide bonds. The summed E-state index contributed by atoms with van der Waals surface area (Å²) in [7, 11) is 0. The molecule has 0 aliphatic carbocycles. The van der Waals surface area contributed by atoms with Crippen LogP contribution in [0.1, 0.15) is 43.2 Å². The molecule has 0 bridgehead atoms. The third kappa shape index (κ3) is 3.25. The smallest absolute Gasteiger partial charge is 0.198 e. The minimum Gasteiger partial charge on any atom is -0.450 e. The van der Waals surface area contributed by atoms with E-state index in [-0.39, 0.29) is 17.1 Å². The Morgan fingerprint density at radius 2 is 2.20 bits per heavy atom. The Bertz CT molecular complexity index is 591. The maximum absolute atomic E-state index is 13.5. The van der Waals surface area contributed by atoms with E-state index in [0.29, 0.717) is 24.3 Å². The predicted molar refractivity (Wildman–Crippen MR) is 77.2 cm³/mol. The van der Waals surface area contributed by atoms with Gasteiger partial charge in [0.1, 0.15) is 0 Å². The molecule has 1 heterocycles. The maximum atomic E-state index is 13.5. The van der Waals surface area contributed by atoms with Gasteiger partial charge in [-0.15, -0.1) is 0 Å². The number of hydrogen-bond acceptors (Lipinski definition) is 3. The van der Waals surface area contributed by atoms with Gasteiger partial charge in [0.25, 0.3) is 0 Å². The van der Waals surface area contributed by atoms with Crippen LogP contribution in [0.2, 0.25) is 0 Å². The Hall–Kier alpha value is -1.68. The van der Waals surface area contributed by atoms with Crippen LogP contribution in [0.5, 0.6) is 0 Å². The van der Waals surface area contributed by atoms with Gasteiger partial charge in [-0.2, -0.15) is 0 Å². The summed E-state index contributed by atoms with van der Waals surface area (Å²) >= 11 is 0. The number of carbonyl (C=O) groups excluding carboxylic acids is 1. The van der Waals surface area contributed by atoms with Crippen LogP contribution >= 0.6 is 0 Å². The van der Waals surface area contributed by atoms with Gasteiger partial charge in [-0.25, -0.2) is 4.39 Å². The van der Waals surface area contributed by atoms with E-state index in [1.54, 1.807) is 18.2 Å². The molecule has 20 heavy (non-hydrogen) atoms. The predicted octanol–water partition coefficient (Wildman–Crippen LogP) is 3.91. The van der Waals surface area contributed by atoms with Crippen LogP contribution in [0.15, 0.2) is 28.7 Å². The van der Waals surface area contributed by atoms with Crippen molar-refractivity contribution in [1.29, 1.82) is 0 Å². The van der Waals surface area contributed by atoms with Gasteiger partial charge in [-0.3, -0.25) is 4.79 Å². The topological polar surface area (TPSA) is 56.2 Å². The summed E-state index contributed by atoms with van der Waals surface area (Å²) < 4.78 is 18.9. The summed E-state index contributed by atoms with van der Waals surface area (Å²) in [6, 6.07) is 6.29. The summed E-state index contributed by atoms with van der Waals surface area (Å²) in [5, 5.41) is 0.627. The number of halogens is 1. The number of rotatable bonds is 7. The Labute approximate surface area is 117 Å². The quantitative estimate of drug-likeness (QED) is 0.781. The fourth-order valence-electron chi connectivity index (χ4n) is 2.41. The van der Waals surface area contributed by atoms with Crippen molar-refractivity contribution >= 4 is 16.8 Å². The molecule has 1 aromatic carbocycles. The fraction of sp³-hybridized carbons (Fsp3) is 0.438. The molecule has 0 fully saturated rings. The van der Waals surface area contributed by atoms with Gasteiger partial charge in [-0.1, -0.05) is 25.5 Å². The van der Waals surface area contributed by atoms with Gasteiger partial charge < -0.3 is 10.2 Å². The molecule has 3 nitrogen and oxygen atoms in total. The first kappa shape index (κ1) is 14.7. The Balaban J connectivity index is 2.06. The number of furan rings is 1. The van der Waals surface area contributed by atoms with E-state index in [9.17, 15) is 9.18 Å². The lowest BCUT2D eigenvalue weighted by molar-refractivity contribution is 0.0947. The van der Waals surface area contributed by atoms with Gasteiger partial charge >= 0.3 is 0 Å². The van der Waals surface area contributed by atoms with Gasteiger partial charge in [0.15, 0.2) is 22.9 Å². The van der Waals surface area contributed by atoms with E-state index in [1.165, 1.54) is 6.07 Å². The molecule has 2 N–H and O–H groups in total. The average molecular weight is 277 g/mol. The molecule has 1 atom stereocenters. The van der Waals surface area contributed by atoms with E-state index in [1.807, 2.05) is 0 Å². The highest BCUT2D eigenvalue weighted by Crippen LogP contribution is 2.24. The lowest BCUT2D eigenvalue weighted by atomic mass is 9.95. The molecular weight excluding hydrogens is 257 g/mol. The molecule has 0 radical (unpaired) electrons. The largest absolute Gasteiger partial charge is 0.450 e. The normalized spacial score (nSPS) is 12.8. The van der Waals surface area contributed by atoms with E-state index < -0.39 is 5.82 Å². The third-order valence-electron chi connectivity index (χ3n) is 3.70. The number of benzene rings is 1. The number of fused-ring (bicyclic) bond motifs is 1. The Kier molecular flexibility index (Phi) is 4.90. The summed E-state index contributed by atoms with van der Waals surface area (Å²) in [4.78, 5) is 12.1. The average Bonchev–Trinajstić information content (AvgIpc) is 2.88. The molecule has 2 aromatic rings. The van der Waals surface area contributed by atoms with Gasteiger partial charge in [0.2, 0.25) is 0 Å². The number of Topliss-reactive ketones (excluding diaryl/α,β-unsaturated/α-hetero) is 1. The molecule has 0 spiro atoms. The number of carbonyl (C=O) groups is 1. The zero-order valence-corrected chi connectivity index (χ0v) is 11.7. The molecule has 0 aliphatic heterocycles. The van der Waals surface area contributed by atoms with Crippen molar-refractivity contribution < 1.29 is 13.6 Å². The van der Waals surface area contributed by atoms with Crippen LogP contribution in [0.25, 0.3) is 11.0 Å². The summed E-state index contributed by atoms with van der Waals surface area (Å²) in [5.74, 6) is 0.199. The summed E-state index contributed by atoms with van der Waals surface area (Å²) in [5.41, 5.74) is 5.70. The van der Waals surface area contributed by atoms with Gasteiger partial charge in [0.05, 0.1) is 0 Å². The lowest BCUT2D eigenvalue weighted by Gasteiger charge is -2.11. The number of nitrogens with two attached hydrogens (primary N) is 1.